The van der Waals surface area contributed by atoms with Crippen LogP contribution in [0.4, 0.5) is 0 Å². The van der Waals surface area contributed by atoms with Gasteiger partial charge in [0.2, 0.25) is 0 Å². The Hall–Kier alpha value is -0.870. The summed E-state index contributed by atoms with van der Waals surface area (Å²) in [5.41, 5.74) is 0. The minimum Gasteiger partial charge on any atom is -0.463 e. The van der Waals surface area contributed by atoms with E-state index >= 15 is 0 Å². The van der Waals surface area contributed by atoms with Gasteiger partial charge in [0.05, 0.1) is 6.61 Å². The van der Waals surface area contributed by atoms with Crippen molar-refractivity contribution >= 4 is 5.97 Å². The first-order valence-corrected chi connectivity index (χ1v) is 5.62. The Morgan fingerprint density at radius 1 is 1.62 bits per heavy atom. The summed E-state index contributed by atoms with van der Waals surface area (Å²) in [4.78, 5) is 11.3. The zero-order chi connectivity index (χ0) is 12.0. The molecule has 4 heteroatoms. The van der Waals surface area contributed by atoms with E-state index in [1.807, 2.05) is 13.8 Å². The Morgan fingerprint density at radius 3 is 2.94 bits per heavy atom. The third-order valence-corrected chi connectivity index (χ3v) is 2.29. The van der Waals surface area contributed by atoms with Crippen molar-refractivity contribution in [2.45, 2.75) is 45.0 Å². The molecule has 1 fully saturated rings. The molecule has 0 bridgehead atoms. The molecule has 92 valence electrons. The van der Waals surface area contributed by atoms with Crippen molar-refractivity contribution in [1.82, 2.24) is 0 Å². The largest absolute Gasteiger partial charge is 0.463 e. The van der Waals surface area contributed by atoms with Crippen LogP contribution in [0.3, 0.4) is 0 Å². The number of carbonyl (C=O) groups is 1. The van der Waals surface area contributed by atoms with Crippen LogP contribution in [0.2, 0.25) is 0 Å². The molecule has 4 nitrogen and oxygen atoms in total. The molecule has 1 unspecified atom stereocenters. The Kier molecular flexibility index (Phi) is 4.96. The van der Waals surface area contributed by atoms with Gasteiger partial charge >= 0.3 is 5.97 Å². The van der Waals surface area contributed by atoms with Gasteiger partial charge in [-0.3, -0.25) is 4.79 Å². The SMILES string of the molecule is C=CCCCC(=O)OCC1COC(C)(C)O1. The second-order valence-corrected chi connectivity index (χ2v) is 4.31. The van der Waals surface area contributed by atoms with Crippen molar-refractivity contribution < 1.29 is 19.0 Å². The van der Waals surface area contributed by atoms with Crippen LogP contribution in [0, 0.1) is 0 Å². The molecule has 0 radical (unpaired) electrons. The van der Waals surface area contributed by atoms with Gasteiger partial charge in [-0.1, -0.05) is 6.08 Å². The Labute approximate surface area is 96.6 Å². The summed E-state index contributed by atoms with van der Waals surface area (Å²) in [5, 5.41) is 0. The predicted molar refractivity (Wildman–Crippen MR) is 59.9 cm³/mol. The van der Waals surface area contributed by atoms with E-state index in [-0.39, 0.29) is 18.7 Å². The van der Waals surface area contributed by atoms with Crippen LogP contribution in [0.1, 0.15) is 33.1 Å². The number of esters is 1. The van der Waals surface area contributed by atoms with E-state index < -0.39 is 5.79 Å². The fourth-order valence-electron chi connectivity index (χ4n) is 1.49. The molecule has 0 N–H and O–H groups in total. The lowest BCUT2D eigenvalue weighted by Crippen LogP contribution is -2.25. The molecular formula is C12H20O4. The Balaban J connectivity index is 2.10. The molecule has 1 heterocycles. The average molecular weight is 228 g/mol. The first-order chi connectivity index (χ1) is 7.53. The van der Waals surface area contributed by atoms with Crippen molar-refractivity contribution in [3.8, 4) is 0 Å². The number of rotatable bonds is 6. The second-order valence-electron chi connectivity index (χ2n) is 4.31. The molecule has 1 saturated heterocycles. The van der Waals surface area contributed by atoms with Gasteiger partial charge in [-0.05, 0) is 26.7 Å². The monoisotopic (exact) mass is 228 g/mol. The summed E-state index contributed by atoms with van der Waals surface area (Å²) >= 11 is 0. The molecule has 0 spiro atoms. The number of carbonyl (C=O) groups excluding carboxylic acids is 1. The normalized spacial score (nSPS) is 23.0. The number of hydrogen-bond acceptors (Lipinski definition) is 4. The molecule has 1 rings (SSSR count). The lowest BCUT2D eigenvalue weighted by atomic mass is 10.2. The summed E-state index contributed by atoms with van der Waals surface area (Å²) in [7, 11) is 0. The van der Waals surface area contributed by atoms with Gasteiger partial charge in [-0.15, -0.1) is 6.58 Å². The Bertz CT molecular complexity index is 247. The highest BCUT2D eigenvalue weighted by molar-refractivity contribution is 5.69. The summed E-state index contributed by atoms with van der Waals surface area (Å²) in [6.45, 7) is 8.04. The van der Waals surface area contributed by atoms with E-state index in [0.29, 0.717) is 13.0 Å². The quantitative estimate of drug-likeness (QED) is 0.396. The molecule has 0 aliphatic carbocycles. The van der Waals surface area contributed by atoms with Crippen LogP contribution >= 0.6 is 0 Å². The third-order valence-electron chi connectivity index (χ3n) is 2.29. The standard InChI is InChI=1S/C12H20O4/c1-4-5-6-7-11(13)14-8-10-9-15-12(2,3)16-10/h4,10H,1,5-9H2,2-3H3. The van der Waals surface area contributed by atoms with Crippen LogP contribution in [0.25, 0.3) is 0 Å². The van der Waals surface area contributed by atoms with Gasteiger partial charge in [0.1, 0.15) is 12.7 Å². The summed E-state index contributed by atoms with van der Waals surface area (Å²) in [5.74, 6) is -0.741. The molecule has 0 aromatic heterocycles. The molecule has 16 heavy (non-hydrogen) atoms. The van der Waals surface area contributed by atoms with Crippen molar-refractivity contribution in [1.29, 1.82) is 0 Å². The maximum absolute atomic E-state index is 11.3. The minimum atomic E-state index is -0.556. The van der Waals surface area contributed by atoms with E-state index in [9.17, 15) is 4.79 Å². The van der Waals surface area contributed by atoms with Gasteiger partial charge in [-0.25, -0.2) is 0 Å². The van der Waals surface area contributed by atoms with Crippen LogP contribution in [0.5, 0.6) is 0 Å². The van der Waals surface area contributed by atoms with Gasteiger partial charge < -0.3 is 14.2 Å². The van der Waals surface area contributed by atoms with E-state index in [1.54, 1.807) is 6.08 Å². The smallest absolute Gasteiger partial charge is 0.305 e. The molecule has 1 atom stereocenters. The fraction of sp³-hybridized carbons (Fsp3) is 0.750. The zero-order valence-corrected chi connectivity index (χ0v) is 10.0. The number of unbranched alkanes of at least 4 members (excludes halogenated alkanes) is 1. The van der Waals surface area contributed by atoms with E-state index in [2.05, 4.69) is 6.58 Å². The van der Waals surface area contributed by atoms with Gasteiger partial charge in [0.15, 0.2) is 5.79 Å². The van der Waals surface area contributed by atoms with Crippen LogP contribution in [-0.4, -0.2) is 31.1 Å². The maximum Gasteiger partial charge on any atom is 0.305 e. The first-order valence-electron chi connectivity index (χ1n) is 5.62. The predicted octanol–water partition coefficient (Wildman–Crippen LogP) is 2.04. The van der Waals surface area contributed by atoms with Gasteiger partial charge in [-0.2, -0.15) is 0 Å². The Morgan fingerprint density at radius 2 is 2.38 bits per heavy atom. The minimum absolute atomic E-state index is 0.140. The summed E-state index contributed by atoms with van der Waals surface area (Å²) < 4.78 is 16.0. The average Bonchev–Trinajstić information content (AvgIpc) is 2.56. The summed E-state index contributed by atoms with van der Waals surface area (Å²) in [6.07, 6.45) is 3.71. The number of ether oxygens (including phenoxy) is 3. The first kappa shape index (κ1) is 13.2. The highest BCUT2D eigenvalue weighted by Crippen LogP contribution is 2.22. The zero-order valence-electron chi connectivity index (χ0n) is 10.0. The third kappa shape index (κ3) is 4.77. The van der Waals surface area contributed by atoms with E-state index in [4.69, 9.17) is 14.2 Å². The molecule has 0 amide bonds. The number of allylic oxidation sites excluding steroid dienone is 1. The van der Waals surface area contributed by atoms with Crippen molar-refractivity contribution in [2.75, 3.05) is 13.2 Å². The fourth-order valence-corrected chi connectivity index (χ4v) is 1.49. The molecule has 0 saturated carbocycles. The maximum atomic E-state index is 11.3. The van der Waals surface area contributed by atoms with Crippen LogP contribution < -0.4 is 0 Å². The van der Waals surface area contributed by atoms with Crippen LogP contribution in [-0.2, 0) is 19.0 Å². The van der Waals surface area contributed by atoms with E-state index in [1.165, 1.54) is 0 Å². The summed E-state index contributed by atoms with van der Waals surface area (Å²) in [6, 6.07) is 0. The number of hydrogen-bond donors (Lipinski definition) is 0. The molecule has 1 aliphatic rings. The highest BCUT2D eigenvalue weighted by Gasteiger charge is 2.33. The van der Waals surface area contributed by atoms with Gasteiger partial charge in [0.25, 0.3) is 0 Å². The van der Waals surface area contributed by atoms with Crippen LogP contribution in [0.15, 0.2) is 12.7 Å². The second kappa shape index (κ2) is 6.01. The topological polar surface area (TPSA) is 44.8 Å². The van der Waals surface area contributed by atoms with Crippen molar-refractivity contribution in [3.63, 3.8) is 0 Å². The highest BCUT2D eigenvalue weighted by atomic mass is 16.7. The lowest BCUT2D eigenvalue weighted by Gasteiger charge is -2.16. The molecular weight excluding hydrogens is 208 g/mol. The van der Waals surface area contributed by atoms with Crippen molar-refractivity contribution in [3.05, 3.63) is 12.7 Å². The van der Waals surface area contributed by atoms with Gasteiger partial charge in [0, 0.05) is 6.42 Å². The molecule has 1 aliphatic heterocycles. The van der Waals surface area contributed by atoms with E-state index in [0.717, 1.165) is 12.8 Å². The van der Waals surface area contributed by atoms with Crippen molar-refractivity contribution in [2.24, 2.45) is 0 Å². The molecule has 0 aromatic rings. The lowest BCUT2D eigenvalue weighted by molar-refractivity contribution is -0.158. The molecule has 0 aromatic carbocycles.